The molecule has 0 aromatic rings. The zero-order valence-electron chi connectivity index (χ0n) is 9.44. The minimum Gasteiger partial charge on any atom is -0.478 e. The number of rotatable bonds is 3. The fraction of sp³-hybridized carbons (Fsp3) is 0.750. The average Bonchev–Trinajstić information content (AvgIpc) is 2.15. The molecule has 0 bridgehead atoms. The van der Waals surface area contributed by atoms with Crippen LogP contribution in [0.1, 0.15) is 39.5 Å². The van der Waals surface area contributed by atoms with Crippen molar-refractivity contribution in [2.75, 3.05) is 0 Å². The first-order chi connectivity index (χ1) is 7.00. The van der Waals surface area contributed by atoms with Crippen LogP contribution in [-0.2, 0) is 4.79 Å². The molecule has 0 atom stereocenters. The lowest BCUT2D eigenvalue weighted by molar-refractivity contribution is -0.133. The molecule has 0 aromatic carbocycles. The average molecular weight is 212 g/mol. The van der Waals surface area contributed by atoms with Crippen molar-refractivity contribution in [1.29, 1.82) is 0 Å². The van der Waals surface area contributed by atoms with Crippen LogP contribution >= 0.6 is 0 Å². The molecule has 2 N–H and O–H groups in total. The molecule has 15 heavy (non-hydrogen) atoms. The fourth-order valence-electron chi connectivity index (χ4n) is 2.13. The van der Waals surface area contributed by atoms with Crippen LogP contribution in [0.3, 0.4) is 0 Å². The van der Waals surface area contributed by atoms with Gasteiger partial charge in [-0.25, -0.2) is 4.79 Å². The van der Waals surface area contributed by atoms with Gasteiger partial charge in [0.05, 0.1) is 6.10 Å². The highest BCUT2D eigenvalue weighted by atomic mass is 16.4. The summed E-state index contributed by atoms with van der Waals surface area (Å²) in [6.07, 6.45) is 4.67. The van der Waals surface area contributed by atoms with Crippen LogP contribution in [0, 0.1) is 11.8 Å². The Morgan fingerprint density at radius 2 is 1.80 bits per heavy atom. The maximum absolute atomic E-state index is 11.1. The summed E-state index contributed by atoms with van der Waals surface area (Å²) in [7, 11) is 0. The number of aliphatic carboxylic acids is 1. The van der Waals surface area contributed by atoms with Crippen molar-refractivity contribution in [1.82, 2.24) is 0 Å². The molecule has 0 heterocycles. The van der Waals surface area contributed by atoms with Crippen molar-refractivity contribution in [3.8, 4) is 0 Å². The first kappa shape index (κ1) is 12.2. The Labute approximate surface area is 90.8 Å². The van der Waals surface area contributed by atoms with E-state index in [0.717, 1.165) is 25.7 Å². The SMILES string of the molecule is CC(C)C=C(C(=O)O)C1CCC(O)CC1. The number of carbonyl (C=O) groups is 1. The molecule has 3 heteroatoms. The van der Waals surface area contributed by atoms with Crippen molar-refractivity contribution in [2.45, 2.75) is 45.6 Å². The minimum atomic E-state index is -0.801. The van der Waals surface area contributed by atoms with Gasteiger partial charge in [-0.3, -0.25) is 0 Å². The molecule has 0 aliphatic heterocycles. The molecule has 1 rings (SSSR count). The lowest BCUT2D eigenvalue weighted by atomic mass is 9.81. The number of hydrogen-bond acceptors (Lipinski definition) is 2. The molecule has 0 radical (unpaired) electrons. The topological polar surface area (TPSA) is 57.5 Å². The lowest BCUT2D eigenvalue weighted by Crippen LogP contribution is -2.22. The van der Waals surface area contributed by atoms with Gasteiger partial charge in [0, 0.05) is 5.57 Å². The molecular weight excluding hydrogens is 192 g/mol. The second kappa shape index (κ2) is 5.31. The first-order valence-corrected chi connectivity index (χ1v) is 5.63. The van der Waals surface area contributed by atoms with Crippen LogP contribution in [-0.4, -0.2) is 22.3 Å². The monoisotopic (exact) mass is 212 g/mol. The van der Waals surface area contributed by atoms with Gasteiger partial charge in [0.15, 0.2) is 0 Å². The van der Waals surface area contributed by atoms with Crippen LogP contribution in [0.2, 0.25) is 0 Å². The van der Waals surface area contributed by atoms with Crippen molar-refractivity contribution < 1.29 is 15.0 Å². The fourth-order valence-corrected chi connectivity index (χ4v) is 2.13. The summed E-state index contributed by atoms with van der Waals surface area (Å²) < 4.78 is 0. The number of aliphatic hydroxyl groups excluding tert-OH is 1. The number of carboxylic acid groups (broad SMARTS) is 1. The highest BCUT2D eigenvalue weighted by molar-refractivity contribution is 5.87. The van der Waals surface area contributed by atoms with Crippen LogP contribution in [0.4, 0.5) is 0 Å². The lowest BCUT2D eigenvalue weighted by Gasteiger charge is -2.26. The number of aliphatic hydroxyl groups is 1. The summed E-state index contributed by atoms with van der Waals surface area (Å²) in [6.45, 7) is 3.97. The van der Waals surface area contributed by atoms with Gasteiger partial charge in [-0.05, 0) is 37.5 Å². The van der Waals surface area contributed by atoms with E-state index in [1.165, 1.54) is 0 Å². The van der Waals surface area contributed by atoms with Crippen molar-refractivity contribution >= 4 is 5.97 Å². The molecule has 1 saturated carbocycles. The maximum atomic E-state index is 11.1. The van der Waals surface area contributed by atoms with E-state index >= 15 is 0 Å². The van der Waals surface area contributed by atoms with Gasteiger partial charge >= 0.3 is 5.97 Å². The molecule has 1 fully saturated rings. The van der Waals surface area contributed by atoms with E-state index in [0.29, 0.717) is 5.57 Å². The smallest absolute Gasteiger partial charge is 0.331 e. The van der Waals surface area contributed by atoms with E-state index in [2.05, 4.69) is 0 Å². The van der Waals surface area contributed by atoms with Crippen molar-refractivity contribution in [3.63, 3.8) is 0 Å². The van der Waals surface area contributed by atoms with E-state index in [4.69, 9.17) is 5.11 Å². The van der Waals surface area contributed by atoms with Crippen LogP contribution in [0.25, 0.3) is 0 Å². The van der Waals surface area contributed by atoms with Crippen LogP contribution in [0.15, 0.2) is 11.6 Å². The summed E-state index contributed by atoms with van der Waals surface area (Å²) in [5.74, 6) is -0.402. The Kier molecular flexibility index (Phi) is 4.33. The number of allylic oxidation sites excluding steroid dienone is 1. The van der Waals surface area contributed by atoms with Gasteiger partial charge < -0.3 is 10.2 Å². The molecule has 0 amide bonds. The molecular formula is C12H20O3. The highest BCUT2D eigenvalue weighted by Crippen LogP contribution is 2.30. The van der Waals surface area contributed by atoms with E-state index in [-0.39, 0.29) is 17.9 Å². The predicted molar refractivity (Wildman–Crippen MR) is 58.5 cm³/mol. The molecule has 86 valence electrons. The van der Waals surface area contributed by atoms with Gasteiger partial charge in [0.25, 0.3) is 0 Å². The van der Waals surface area contributed by atoms with Crippen LogP contribution < -0.4 is 0 Å². The van der Waals surface area contributed by atoms with E-state index in [9.17, 15) is 9.90 Å². The second-order valence-corrected chi connectivity index (χ2v) is 4.68. The van der Waals surface area contributed by atoms with Gasteiger partial charge in [-0.1, -0.05) is 19.9 Å². The van der Waals surface area contributed by atoms with Gasteiger partial charge in [-0.15, -0.1) is 0 Å². The normalized spacial score (nSPS) is 28.1. The second-order valence-electron chi connectivity index (χ2n) is 4.68. The molecule has 0 unspecified atom stereocenters. The molecule has 0 saturated heterocycles. The molecule has 1 aliphatic rings. The Hall–Kier alpha value is -0.830. The summed E-state index contributed by atoms with van der Waals surface area (Å²) in [6, 6.07) is 0. The minimum absolute atomic E-state index is 0.133. The van der Waals surface area contributed by atoms with Crippen molar-refractivity contribution in [2.24, 2.45) is 11.8 Å². The molecule has 0 spiro atoms. The standard InChI is InChI=1S/C12H20O3/c1-8(2)7-11(12(14)15)9-3-5-10(13)6-4-9/h7-10,13H,3-6H2,1-2H3,(H,14,15). The predicted octanol–water partition coefficient (Wildman–Crippen LogP) is 2.20. The van der Waals surface area contributed by atoms with Gasteiger partial charge in [-0.2, -0.15) is 0 Å². The zero-order valence-corrected chi connectivity index (χ0v) is 9.44. The van der Waals surface area contributed by atoms with Gasteiger partial charge in [0.2, 0.25) is 0 Å². The largest absolute Gasteiger partial charge is 0.478 e. The number of hydrogen-bond donors (Lipinski definition) is 2. The highest BCUT2D eigenvalue weighted by Gasteiger charge is 2.26. The Morgan fingerprint density at radius 3 is 2.20 bits per heavy atom. The third-order valence-corrected chi connectivity index (χ3v) is 2.90. The number of carboxylic acids is 1. The Bertz CT molecular complexity index is 248. The maximum Gasteiger partial charge on any atom is 0.331 e. The Balaban J connectivity index is 2.69. The van der Waals surface area contributed by atoms with Gasteiger partial charge in [0.1, 0.15) is 0 Å². The quantitative estimate of drug-likeness (QED) is 0.705. The molecule has 3 nitrogen and oxygen atoms in total. The third kappa shape index (κ3) is 3.67. The Morgan fingerprint density at radius 1 is 1.27 bits per heavy atom. The van der Waals surface area contributed by atoms with Crippen molar-refractivity contribution in [3.05, 3.63) is 11.6 Å². The van der Waals surface area contributed by atoms with E-state index < -0.39 is 5.97 Å². The molecule has 0 aromatic heterocycles. The first-order valence-electron chi connectivity index (χ1n) is 5.63. The summed E-state index contributed by atoms with van der Waals surface area (Å²) >= 11 is 0. The molecule has 1 aliphatic carbocycles. The summed E-state index contributed by atoms with van der Waals surface area (Å²) in [5.41, 5.74) is 0.539. The van der Waals surface area contributed by atoms with E-state index in [1.54, 1.807) is 0 Å². The zero-order chi connectivity index (χ0) is 11.4. The summed E-state index contributed by atoms with van der Waals surface area (Å²) in [5, 5.41) is 18.5. The van der Waals surface area contributed by atoms with E-state index in [1.807, 2.05) is 19.9 Å². The summed E-state index contributed by atoms with van der Waals surface area (Å²) in [4.78, 5) is 11.1. The van der Waals surface area contributed by atoms with Crippen LogP contribution in [0.5, 0.6) is 0 Å². The third-order valence-electron chi connectivity index (χ3n) is 2.90.